The van der Waals surface area contributed by atoms with Crippen LogP contribution in [0, 0.1) is 5.82 Å². The largest absolute Gasteiger partial charge is 0.496 e. The number of rotatable bonds is 8. The van der Waals surface area contributed by atoms with Gasteiger partial charge in [-0.3, -0.25) is 9.10 Å². The number of amides is 1. The van der Waals surface area contributed by atoms with Crippen LogP contribution in [0.1, 0.15) is 5.56 Å². The third-order valence-corrected chi connectivity index (χ3v) is 6.19. The average molecular weight is 428 g/mol. The Balaban J connectivity index is 1.83. The van der Waals surface area contributed by atoms with E-state index >= 15 is 0 Å². The quantitative estimate of drug-likeness (QED) is 0.597. The highest BCUT2D eigenvalue weighted by atomic mass is 32.2. The molecule has 156 valence electrons. The molecule has 3 rings (SSSR count). The summed E-state index contributed by atoms with van der Waals surface area (Å²) in [5.74, 6) is -0.415. The maximum atomic E-state index is 13.2. The third-order valence-electron chi connectivity index (χ3n) is 4.40. The minimum atomic E-state index is -4.08. The molecule has 0 bridgehead atoms. The second-order valence-electron chi connectivity index (χ2n) is 6.39. The lowest BCUT2D eigenvalue weighted by molar-refractivity contribution is -0.119. The van der Waals surface area contributed by atoms with E-state index in [-0.39, 0.29) is 11.4 Å². The summed E-state index contributed by atoms with van der Waals surface area (Å²) >= 11 is 0. The zero-order valence-electron chi connectivity index (χ0n) is 16.3. The minimum absolute atomic E-state index is 0.106. The first-order valence-electron chi connectivity index (χ1n) is 9.14. The van der Waals surface area contributed by atoms with E-state index in [1.165, 1.54) is 19.2 Å². The van der Waals surface area contributed by atoms with E-state index in [1.54, 1.807) is 36.4 Å². The Kier molecular flexibility index (Phi) is 6.68. The molecule has 30 heavy (non-hydrogen) atoms. The summed E-state index contributed by atoms with van der Waals surface area (Å²) in [5.41, 5.74) is 1.09. The molecular formula is C22H21FN2O4S. The van der Waals surface area contributed by atoms with Gasteiger partial charge in [0.1, 0.15) is 18.1 Å². The molecule has 1 amide bonds. The average Bonchev–Trinajstić information content (AvgIpc) is 2.77. The molecule has 3 aromatic carbocycles. The van der Waals surface area contributed by atoms with Crippen molar-refractivity contribution in [2.24, 2.45) is 0 Å². The zero-order chi connectivity index (χ0) is 21.6. The molecule has 0 heterocycles. The van der Waals surface area contributed by atoms with Crippen molar-refractivity contribution in [3.8, 4) is 5.75 Å². The van der Waals surface area contributed by atoms with Crippen LogP contribution in [0.4, 0.5) is 10.1 Å². The first kappa shape index (κ1) is 21.3. The second-order valence-corrected chi connectivity index (χ2v) is 8.25. The standard InChI is InChI=1S/C22H21FN2O4S/c1-29-21-10-6-5-7-17(21)15-24-22(26)16-25(19-8-3-2-4-9-19)30(27,28)20-13-11-18(23)12-14-20/h2-14H,15-16H2,1H3,(H,24,26). The number of hydrogen-bond acceptors (Lipinski definition) is 4. The zero-order valence-corrected chi connectivity index (χ0v) is 17.1. The van der Waals surface area contributed by atoms with E-state index in [2.05, 4.69) is 5.32 Å². The molecule has 0 saturated carbocycles. The van der Waals surface area contributed by atoms with Crippen LogP contribution >= 0.6 is 0 Å². The topological polar surface area (TPSA) is 75.7 Å². The van der Waals surface area contributed by atoms with Crippen molar-refractivity contribution in [2.75, 3.05) is 18.0 Å². The molecule has 0 aliphatic heterocycles. The number of para-hydroxylation sites is 2. The highest BCUT2D eigenvalue weighted by Crippen LogP contribution is 2.23. The van der Waals surface area contributed by atoms with Crippen molar-refractivity contribution in [1.82, 2.24) is 5.32 Å². The lowest BCUT2D eigenvalue weighted by Crippen LogP contribution is -2.40. The first-order valence-corrected chi connectivity index (χ1v) is 10.6. The summed E-state index contributed by atoms with van der Waals surface area (Å²) in [7, 11) is -2.55. The molecule has 0 unspecified atom stereocenters. The monoisotopic (exact) mass is 428 g/mol. The number of halogens is 1. The van der Waals surface area contributed by atoms with Crippen LogP contribution in [0.15, 0.2) is 83.8 Å². The fourth-order valence-electron chi connectivity index (χ4n) is 2.87. The number of benzene rings is 3. The van der Waals surface area contributed by atoms with Crippen molar-refractivity contribution in [1.29, 1.82) is 0 Å². The van der Waals surface area contributed by atoms with Crippen molar-refractivity contribution in [3.05, 3.63) is 90.2 Å². The van der Waals surface area contributed by atoms with Gasteiger partial charge in [0.25, 0.3) is 10.0 Å². The summed E-state index contributed by atoms with van der Waals surface area (Å²) in [6.45, 7) is -0.249. The Bertz CT molecular complexity index is 1100. The summed E-state index contributed by atoms with van der Waals surface area (Å²) in [5, 5.41) is 2.72. The lowest BCUT2D eigenvalue weighted by Gasteiger charge is -2.24. The van der Waals surface area contributed by atoms with Gasteiger partial charge >= 0.3 is 0 Å². The number of carbonyl (C=O) groups is 1. The van der Waals surface area contributed by atoms with E-state index in [1.807, 2.05) is 18.2 Å². The van der Waals surface area contributed by atoms with Crippen molar-refractivity contribution in [3.63, 3.8) is 0 Å². The van der Waals surface area contributed by atoms with Gasteiger partial charge in [-0.25, -0.2) is 12.8 Å². The molecular weight excluding hydrogens is 407 g/mol. The van der Waals surface area contributed by atoms with E-state index in [0.717, 1.165) is 22.0 Å². The van der Waals surface area contributed by atoms with Crippen LogP contribution in [0.25, 0.3) is 0 Å². The van der Waals surface area contributed by atoms with E-state index in [9.17, 15) is 17.6 Å². The molecule has 0 aliphatic carbocycles. The van der Waals surface area contributed by atoms with Gasteiger partial charge in [-0.1, -0.05) is 36.4 Å². The molecule has 6 nitrogen and oxygen atoms in total. The fraction of sp³-hybridized carbons (Fsp3) is 0.136. The SMILES string of the molecule is COc1ccccc1CNC(=O)CN(c1ccccc1)S(=O)(=O)c1ccc(F)cc1. The molecule has 3 aromatic rings. The van der Waals surface area contributed by atoms with Gasteiger partial charge in [0, 0.05) is 12.1 Å². The molecule has 0 radical (unpaired) electrons. The molecule has 0 saturated heterocycles. The maximum absolute atomic E-state index is 13.2. The van der Waals surface area contributed by atoms with Gasteiger partial charge in [-0.15, -0.1) is 0 Å². The summed E-state index contributed by atoms with van der Waals surface area (Å²) < 4.78 is 45.8. The molecule has 0 spiro atoms. The number of hydrogen-bond donors (Lipinski definition) is 1. The third kappa shape index (κ3) is 4.96. The van der Waals surface area contributed by atoms with Gasteiger partial charge in [-0.2, -0.15) is 0 Å². The van der Waals surface area contributed by atoms with E-state index in [0.29, 0.717) is 11.4 Å². The van der Waals surface area contributed by atoms with Crippen molar-refractivity contribution >= 4 is 21.6 Å². The molecule has 0 atom stereocenters. The summed E-state index contributed by atoms with van der Waals surface area (Å²) in [6, 6.07) is 20.0. The van der Waals surface area contributed by atoms with Crippen LogP contribution in [0.2, 0.25) is 0 Å². The highest BCUT2D eigenvalue weighted by Gasteiger charge is 2.27. The van der Waals surface area contributed by atoms with Crippen LogP contribution < -0.4 is 14.4 Å². The molecule has 8 heteroatoms. The number of carbonyl (C=O) groups excluding carboxylic acids is 1. The van der Waals surface area contributed by atoms with Gasteiger partial charge in [0.2, 0.25) is 5.91 Å². The number of sulfonamides is 1. The summed E-state index contributed by atoms with van der Waals surface area (Å²) in [4.78, 5) is 12.5. The molecule has 0 fully saturated rings. The Hall–Kier alpha value is -3.39. The number of ether oxygens (including phenoxy) is 1. The predicted molar refractivity (Wildman–Crippen MR) is 112 cm³/mol. The fourth-order valence-corrected chi connectivity index (χ4v) is 4.29. The smallest absolute Gasteiger partial charge is 0.264 e. The Morgan fingerprint density at radius 3 is 2.27 bits per heavy atom. The summed E-state index contributed by atoms with van der Waals surface area (Å²) in [6.07, 6.45) is 0. The number of nitrogens with one attached hydrogen (secondary N) is 1. The highest BCUT2D eigenvalue weighted by molar-refractivity contribution is 7.92. The Morgan fingerprint density at radius 2 is 1.60 bits per heavy atom. The molecule has 0 aromatic heterocycles. The first-order chi connectivity index (χ1) is 14.4. The van der Waals surface area contributed by atoms with Gasteiger partial charge in [0.05, 0.1) is 17.7 Å². The van der Waals surface area contributed by atoms with Crippen molar-refractivity contribution in [2.45, 2.75) is 11.4 Å². The molecule has 0 aliphatic rings. The van der Waals surface area contributed by atoms with Gasteiger partial charge < -0.3 is 10.1 Å². The minimum Gasteiger partial charge on any atom is -0.496 e. The lowest BCUT2D eigenvalue weighted by atomic mass is 10.2. The predicted octanol–water partition coefficient (Wildman–Crippen LogP) is 3.35. The van der Waals surface area contributed by atoms with Crippen LogP contribution in [0.5, 0.6) is 5.75 Å². The van der Waals surface area contributed by atoms with Crippen molar-refractivity contribution < 1.29 is 22.3 Å². The normalized spacial score (nSPS) is 11.0. The number of anilines is 1. The Labute approximate surface area is 175 Å². The van der Waals surface area contributed by atoms with Crippen LogP contribution in [-0.4, -0.2) is 28.0 Å². The van der Waals surface area contributed by atoms with Gasteiger partial charge in [-0.05, 0) is 42.5 Å². The van der Waals surface area contributed by atoms with E-state index < -0.39 is 28.3 Å². The number of methoxy groups -OCH3 is 1. The Morgan fingerprint density at radius 1 is 0.967 bits per heavy atom. The molecule has 1 N–H and O–H groups in total. The second kappa shape index (κ2) is 9.41. The van der Waals surface area contributed by atoms with Gasteiger partial charge in [0.15, 0.2) is 0 Å². The van der Waals surface area contributed by atoms with Crippen LogP contribution in [0.3, 0.4) is 0 Å². The van der Waals surface area contributed by atoms with Crippen LogP contribution in [-0.2, 0) is 21.4 Å². The van der Waals surface area contributed by atoms with E-state index in [4.69, 9.17) is 4.74 Å². The maximum Gasteiger partial charge on any atom is 0.264 e. The number of nitrogens with zero attached hydrogens (tertiary/aromatic N) is 1.